The number of benzene rings is 1. The largest absolute Gasteiger partial charge is 0.349 e. The lowest BCUT2D eigenvalue weighted by Crippen LogP contribution is -2.45. The van der Waals surface area contributed by atoms with E-state index in [-0.39, 0.29) is 23.3 Å². The Bertz CT molecular complexity index is 614. The number of amides is 1. The topological polar surface area (TPSA) is 57.7 Å². The Morgan fingerprint density at radius 3 is 2.48 bits per heavy atom. The SMILES string of the molecule is CN(C)C(=O)[C@H]1CCCN(S(=O)(=O)c2ccc(Cl)cc2)C1. The summed E-state index contributed by atoms with van der Waals surface area (Å²) in [4.78, 5) is 13.8. The summed E-state index contributed by atoms with van der Waals surface area (Å²) in [5.41, 5.74) is 0. The zero-order valence-electron chi connectivity index (χ0n) is 12.1. The summed E-state index contributed by atoms with van der Waals surface area (Å²) in [6, 6.07) is 6.10. The molecule has 5 nitrogen and oxygen atoms in total. The number of nitrogens with zero attached hydrogens (tertiary/aromatic N) is 2. The Morgan fingerprint density at radius 2 is 1.90 bits per heavy atom. The molecule has 2 rings (SSSR count). The predicted molar refractivity (Wildman–Crippen MR) is 81.6 cm³/mol. The third-order valence-corrected chi connectivity index (χ3v) is 5.76. The van der Waals surface area contributed by atoms with Gasteiger partial charge in [-0.1, -0.05) is 11.6 Å². The van der Waals surface area contributed by atoms with Crippen LogP contribution in [0.1, 0.15) is 12.8 Å². The van der Waals surface area contributed by atoms with Gasteiger partial charge in [-0.15, -0.1) is 0 Å². The molecule has 7 heteroatoms. The van der Waals surface area contributed by atoms with Crippen molar-refractivity contribution in [1.82, 2.24) is 9.21 Å². The van der Waals surface area contributed by atoms with Crippen LogP contribution in [0.15, 0.2) is 29.2 Å². The van der Waals surface area contributed by atoms with Crippen molar-refractivity contribution in [3.05, 3.63) is 29.3 Å². The first-order chi connectivity index (χ1) is 9.82. The van der Waals surface area contributed by atoms with Gasteiger partial charge in [0.15, 0.2) is 0 Å². The summed E-state index contributed by atoms with van der Waals surface area (Å²) < 4.78 is 26.6. The molecule has 0 aromatic heterocycles. The van der Waals surface area contributed by atoms with Crippen LogP contribution in [0, 0.1) is 5.92 Å². The van der Waals surface area contributed by atoms with E-state index in [2.05, 4.69) is 0 Å². The molecule has 0 aliphatic carbocycles. The van der Waals surface area contributed by atoms with E-state index in [9.17, 15) is 13.2 Å². The fraction of sp³-hybridized carbons (Fsp3) is 0.500. The summed E-state index contributed by atoms with van der Waals surface area (Å²) in [6.45, 7) is 0.685. The fourth-order valence-electron chi connectivity index (χ4n) is 2.48. The highest BCUT2D eigenvalue weighted by molar-refractivity contribution is 7.89. The van der Waals surface area contributed by atoms with Gasteiger partial charge >= 0.3 is 0 Å². The lowest BCUT2D eigenvalue weighted by molar-refractivity contribution is -0.134. The van der Waals surface area contributed by atoms with Gasteiger partial charge in [-0.05, 0) is 37.1 Å². The lowest BCUT2D eigenvalue weighted by atomic mass is 9.98. The molecule has 0 bridgehead atoms. The van der Waals surface area contributed by atoms with Crippen molar-refractivity contribution >= 4 is 27.5 Å². The third kappa shape index (κ3) is 3.56. The molecule has 0 radical (unpaired) electrons. The van der Waals surface area contributed by atoms with Gasteiger partial charge in [-0.3, -0.25) is 4.79 Å². The van der Waals surface area contributed by atoms with E-state index < -0.39 is 10.0 Å². The minimum atomic E-state index is -3.57. The van der Waals surface area contributed by atoms with Crippen LogP contribution in [0.2, 0.25) is 5.02 Å². The molecule has 1 fully saturated rings. The Labute approximate surface area is 130 Å². The molecule has 1 aliphatic rings. The third-order valence-electron chi connectivity index (χ3n) is 3.63. The molecule has 1 heterocycles. The van der Waals surface area contributed by atoms with Crippen LogP contribution < -0.4 is 0 Å². The summed E-state index contributed by atoms with van der Waals surface area (Å²) >= 11 is 5.79. The maximum absolute atomic E-state index is 12.6. The van der Waals surface area contributed by atoms with Crippen LogP contribution in [0.5, 0.6) is 0 Å². The standard InChI is InChI=1S/C14H19ClN2O3S/c1-16(2)14(18)11-4-3-9-17(10-11)21(19,20)13-7-5-12(15)6-8-13/h5-8,11H,3-4,9-10H2,1-2H3/t11-/m0/s1. The molecule has 0 N–H and O–H groups in total. The first kappa shape index (κ1) is 16.3. The smallest absolute Gasteiger partial charge is 0.243 e. The zero-order chi connectivity index (χ0) is 15.6. The first-order valence-electron chi connectivity index (χ1n) is 6.79. The highest BCUT2D eigenvalue weighted by Gasteiger charge is 2.33. The van der Waals surface area contributed by atoms with Gasteiger partial charge in [0.25, 0.3) is 0 Å². The van der Waals surface area contributed by atoms with Crippen LogP contribution in [0.3, 0.4) is 0 Å². The van der Waals surface area contributed by atoms with Crippen LogP contribution in [0.4, 0.5) is 0 Å². The second-order valence-electron chi connectivity index (χ2n) is 5.39. The minimum absolute atomic E-state index is 0.0222. The number of rotatable bonds is 3. The van der Waals surface area contributed by atoms with E-state index >= 15 is 0 Å². The van der Waals surface area contributed by atoms with E-state index in [1.807, 2.05) is 0 Å². The average molecular weight is 331 g/mol. The van der Waals surface area contributed by atoms with Gasteiger partial charge in [0, 0.05) is 32.2 Å². The molecule has 1 saturated heterocycles. The van der Waals surface area contributed by atoms with Gasteiger partial charge in [-0.25, -0.2) is 8.42 Å². The monoisotopic (exact) mass is 330 g/mol. The lowest BCUT2D eigenvalue weighted by Gasteiger charge is -2.32. The summed E-state index contributed by atoms with van der Waals surface area (Å²) in [5.74, 6) is -0.290. The zero-order valence-corrected chi connectivity index (χ0v) is 13.7. The van der Waals surface area contributed by atoms with Gasteiger partial charge in [0.1, 0.15) is 0 Å². The molecule has 1 atom stereocenters. The molecule has 0 saturated carbocycles. The van der Waals surface area contributed by atoms with Crippen molar-refractivity contribution in [1.29, 1.82) is 0 Å². The molecule has 1 amide bonds. The van der Waals surface area contributed by atoms with Gasteiger partial charge in [0.2, 0.25) is 15.9 Å². The summed E-state index contributed by atoms with van der Waals surface area (Å²) in [5, 5.41) is 0.494. The molecule has 1 aliphatic heterocycles. The molecule has 0 unspecified atom stereocenters. The second kappa shape index (κ2) is 6.34. The molecule has 1 aromatic carbocycles. The quantitative estimate of drug-likeness (QED) is 0.849. The van der Waals surface area contributed by atoms with E-state index in [0.29, 0.717) is 18.0 Å². The maximum atomic E-state index is 12.6. The van der Waals surface area contributed by atoms with Crippen LogP contribution >= 0.6 is 11.6 Å². The highest BCUT2D eigenvalue weighted by atomic mass is 35.5. The fourth-order valence-corrected chi connectivity index (χ4v) is 4.13. The van der Waals surface area contributed by atoms with E-state index in [0.717, 1.165) is 6.42 Å². The summed E-state index contributed by atoms with van der Waals surface area (Å²) in [7, 11) is -0.188. The number of sulfonamides is 1. The number of carbonyl (C=O) groups excluding carboxylic acids is 1. The van der Waals surface area contributed by atoms with Crippen LogP contribution in [-0.2, 0) is 14.8 Å². The van der Waals surface area contributed by atoms with Crippen molar-refractivity contribution in [2.45, 2.75) is 17.7 Å². The van der Waals surface area contributed by atoms with Crippen molar-refractivity contribution in [3.63, 3.8) is 0 Å². The number of hydrogen-bond acceptors (Lipinski definition) is 3. The number of piperidine rings is 1. The van der Waals surface area contributed by atoms with E-state index in [4.69, 9.17) is 11.6 Å². The molecule has 1 aromatic rings. The van der Waals surface area contributed by atoms with E-state index in [1.165, 1.54) is 21.3 Å². The number of hydrogen-bond donors (Lipinski definition) is 0. The Kier molecular flexibility index (Phi) is 4.91. The van der Waals surface area contributed by atoms with Crippen molar-refractivity contribution < 1.29 is 13.2 Å². The van der Waals surface area contributed by atoms with Crippen molar-refractivity contribution in [2.24, 2.45) is 5.92 Å². The average Bonchev–Trinajstić information content (AvgIpc) is 2.47. The Hall–Kier alpha value is -1.11. The van der Waals surface area contributed by atoms with Gasteiger partial charge in [-0.2, -0.15) is 4.31 Å². The summed E-state index contributed by atoms with van der Waals surface area (Å²) in [6.07, 6.45) is 1.42. The molecule has 0 spiro atoms. The van der Waals surface area contributed by atoms with E-state index in [1.54, 1.807) is 26.2 Å². The first-order valence-corrected chi connectivity index (χ1v) is 8.61. The number of halogens is 1. The van der Waals surface area contributed by atoms with Crippen molar-refractivity contribution in [3.8, 4) is 0 Å². The molecular weight excluding hydrogens is 312 g/mol. The normalized spacial score (nSPS) is 20.2. The second-order valence-corrected chi connectivity index (χ2v) is 7.76. The maximum Gasteiger partial charge on any atom is 0.243 e. The minimum Gasteiger partial charge on any atom is -0.349 e. The Morgan fingerprint density at radius 1 is 1.29 bits per heavy atom. The van der Waals surface area contributed by atoms with Gasteiger partial charge < -0.3 is 4.90 Å². The Balaban J connectivity index is 2.20. The molecule has 116 valence electrons. The highest BCUT2D eigenvalue weighted by Crippen LogP contribution is 2.25. The van der Waals surface area contributed by atoms with Crippen LogP contribution in [-0.4, -0.2) is 50.7 Å². The molecule has 21 heavy (non-hydrogen) atoms. The van der Waals surface area contributed by atoms with Crippen molar-refractivity contribution in [2.75, 3.05) is 27.2 Å². The number of carbonyl (C=O) groups is 1. The molecular formula is C14H19ClN2O3S. The van der Waals surface area contributed by atoms with Crippen LogP contribution in [0.25, 0.3) is 0 Å². The van der Waals surface area contributed by atoms with Gasteiger partial charge in [0.05, 0.1) is 10.8 Å². The predicted octanol–water partition coefficient (Wildman–Crippen LogP) is 1.83.